The van der Waals surface area contributed by atoms with E-state index < -0.39 is 0 Å². The van der Waals surface area contributed by atoms with Crippen LogP contribution in [-0.4, -0.2) is 29.3 Å². The average Bonchev–Trinajstić information content (AvgIpc) is 3.13. The Morgan fingerprint density at radius 3 is 3.17 bits per heavy atom. The molecule has 4 heteroatoms. The van der Waals surface area contributed by atoms with E-state index in [-0.39, 0.29) is 0 Å². The van der Waals surface area contributed by atoms with Gasteiger partial charge < -0.3 is 14.6 Å². The van der Waals surface area contributed by atoms with Crippen molar-refractivity contribution in [2.24, 2.45) is 5.92 Å². The summed E-state index contributed by atoms with van der Waals surface area (Å²) in [5.74, 6) is 2.03. The van der Waals surface area contributed by atoms with Crippen LogP contribution >= 0.6 is 0 Å². The minimum atomic E-state index is 0.874. The first-order valence-electron chi connectivity index (χ1n) is 7.18. The van der Waals surface area contributed by atoms with Crippen molar-refractivity contribution in [3.05, 3.63) is 17.2 Å². The van der Waals surface area contributed by atoms with E-state index in [4.69, 9.17) is 4.74 Å². The molecule has 0 spiro atoms. The van der Waals surface area contributed by atoms with Gasteiger partial charge in [0.1, 0.15) is 5.82 Å². The fourth-order valence-electron chi connectivity index (χ4n) is 2.66. The molecule has 4 nitrogen and oxygen atoms in total. The van der Waals surface area contributed by atoms with Gasteiger partial charge in [0.25, 0.3) is 0 Å². The Hall–Kier alpha value is -0.870. The smallest absolute Gasteiger partial charge is 0.106 e. The van der Waals surface area contributed by atoms with Crippen LogP contribution in [0.25, 0.3) is 0 Å². The maximum Gasteiger partial charge on any atom is 0.106 e. The van der Waals surface area contributed by atoms with Gasteiger partial charge in [-0.05, 0) is 32.1 Å². The van der Waals surface area contributed by atoms with E-state index >= 15 is 0 Å². The summed E-state index contributed by atoms with van der Waals surface area (Å²) < 4.78 is 8.08. The molecule has 2 aliphatic rings. The highest BCUT2D eigenvalue weighted by Gasteiger charge is 2.21. The number of rotatable bonds is 6. The molecule has 1 aliphatic heterocycles. The van der Waals surface area contributed by atoms with Gasteiger partial charge in [0.15, 0.2) is 0 Å². The summed E-state index contributed by atoms with van der Waals surface area (Å²) in [5, 5.41) is 3.38. The second-order valence-electron chi connectivity index (χ2n) is 5.50. The summed E-state index contributed by atoms with van der Waals surface area (Å²) in [7, 11) is 0. The number of nitrogens with zero attached hydrogens (tertiary/aromatic N) is 2. The van der Waals surface area contributed by atoms with Crippen molar-refractivity contribution in [2.75, 3.05) is 19.8 Å². The Balaban J connectivity index is 1.50. The van der Waals surface area contributed by atoms with Crippen LogP contribution in [0.5, 0.6) is 0 Å². The van der Waals surface area contributed by atoms with Crippen LogP contribution in [0.1, 0.15) is 36.5 Å². The van der Waals surface area contributed by atoms with Crippen LogP contribution in [0, 0.1) is 12.8 Å². The third-order valence-corrected chi connectivity index (χ3v) is 3.90. The first kappa shape index (κ1) is 12.2. The number of nitrogens with one attached hydrogen (secondary N) is 1. The van der Waals surface area contributed by atoms with Gasteiger partial charge in [0, 0.05) is 45.0 Å². The van der Waals surface area contributed by atoms with E-state index in [0.29, 0.717) is 0 Å². The molecule has 0 atom stereocenters. The van der Waals surface area contributed by atoms with Crippen molar-refractivity contribution in [1.82, 2.24) is 14.9 Å². The normalized spacial score (nSPS) is 18.9. The van der Waals surface area contributed by atoms with E-state index in [1.807, 2.05) is 0 Å². The fraction of sp³-hybridized carbons (Fsp3) is 0.786. The number of hydrogen-bond acceptors (Lipinski definition) is 3. The van der Waals surface area contributed by atoms with Gasteiger partial charge in [-0.2, -0.15) is 0 Å². The van der Waals surface area contributed by atoms with Crippen LogP contribution < -0.4 is 5.32 Å². The van der Waals surface area contributed by atoms with Gasteiger partial charge in [-0.25, -0.2) is 4.98 Å². The highest BCUT2D eigenvalue weighted by atomic mass is 16.5. The molecule has 1 aromatic heterocycles. The summed E-state index contributed by atoms with van der Waals surface area (Å²) in [6.07, 6.45) is 4.96. The second-order valence-corrected chi connectivity index (χ2v) is 5.50. The van der Waals surface area contributed by atoms with E-state index in [1.165, 1.54) is 24.2 Å². The molecule has 0 aromatic carbocycles. The molecule has 0 bridgehead atoms. The number of hydrogen-bond donors (Lipinski definition) is 1. The van der Waals surface area contributed by atoms with Gasteiger partial charge in [-0.1, -0.05) is 0 Å². The molecular weight excluding hydrogens is 226 g/mol. The number of fused-ring (bicyclic) bond motifs is 1. The standard InChI is InChI=1S/C14H23N3O/c1-11-16-13-9-15-6-5-14(13)17(11)7-2-8-18-10-12-3-4-12/h12,15H,2-10H2,1H3. The molecule has 0 saturated heterocycles. The summed E-state index contributed by atoms with van der Waals surface area (Å²) in [5.41, 5.74) is 2.69. The van der Waals surface area contributed by atoms with Gasteiger partial charge in [0.2, 0.25) is 0 Å². The minimum absolute atomic E-state index is 0.874. The van der Waals surface area contributed by atoms with Gasteiger partial charge in [-0.3, -0.25) is 0 Å². The lowest BCUT2D eigenvalue weighted by atomic mass is 10.2. The quantitative estimate of drug-likeness (QED) is 0.779. The highest BCUT2D eigenvalue weighted by molar-refractivity contribution is 5.19. The third kappa shape index (κ3) is 2.75. The Labute approximate surface area is 109 Å². The molecule has 0 radical (unpaired) electrons. The number of aromatic nitrogens is 2. The monoisotopic (exact) mass is 249 g/mol. The molecule has 2 heterocycles. The molecule has 18 heavy (non-hydrogen) atoms. The molecule has 100 valence electrons. The van der Waals surface area contributed by atoms with Crippen molar-refractivity contribution < 1.29 is 4.74 Å². The van der Waals surface area contributed by atoms with Crippen molar-refractivity contribution >= 4 is 0 Å². The third-order valence-electron chi connectivity index (χ3n) is 3.90. The Morgan fingerprint density at radius 2 is 2.33 bits per heavy atom. The zero-order valence-corrected chi connectivity index (χ0v) is 11.2. The van der Waals surface area contributed by atoms with Crippen molar-refractivity contribution in [1.29, 1.82) is 0 Å². The molecule has 0 unspecified atom stereocenters. The van der Waals surface area contributed by atoms with E-state index in [1.54, 1.807) is 0 Å². The SMILES string of the molecule is Cc1nc2c(n1CCCOCC1CC1)CCNC2. The van der Waals surface area contributed by atoms with Gasteiger partial charge >= 0.3 is 0 Å². The first-order chi connectivity index (χ1) is 8.84. The predicted molar refractivity (Wildman–Crippen MR) is 70.5 cm³/mol. The van der Waals surface area contributed by atoms with E-state index in [9.17, 15) is 0 Å². The topological polar surface area (TPSA) is 39.1 Å². The second kappa shape index (κ2) is 5.41. The van der Waals surface area contributed by atoms with Crippen molar-refractivity contribution in [2.45, 2.75) is 45.7 Å². The molecule has 1 N–H and O–H groups in total. The van der Waals surface area contributed by atoms with Gasteiger partial charge in [-0.15, -0.1) is 0 Å². The van der Waals surface area contributed by atoms with Crippen LogP contribution in [0.15, 0.2) is 0 Å². The Kier molecular flexibility index (Phi) is 3.66. The zero-order chi connectivity index (χ0) is 12.4. The lowest BCUT2D eigenvalue weighted by molar-refractivity contribution is 0.119. The summed E-state index contributed by atoms with van der Waals surface area (Å²) in [4.78, 5) is 4.65. The summed E-state index contributed by atoms with van der Waals surface area (Å²) in [6.45, 7) is 7.05. The molecule has 3 rings (SSSR count). The van der Waals surface area contributed by atoms with E-state index in [2.05, 4.69) is 21.8 Å². The highest BCUT2D eigenvalue weighted by Crippen LogP contribution is 2.28. The van der Waals surface area contributed by atoms with Crippen LogP contribution in [0.3, 0.4) is 0 Å². The van der Waals surface area contributed by atoms with Crippen molar-refractivity contribution in [3.8, 4) is 0 Å². The van der Waals surface area contributed by atoms with Crippen molar-refractivity contribution in [3.63, 3.8) is 0 Å². The largest absolute Gasteiger partial charge is 0.381 e. The lowest BCUT2D eigenvalue weighted by Crippen LogP contribution is -2.25. The predicted octanol–water partition coefficient (Wildman–Crippen LogP) is 1.65. The Morgan fingerprint density at radius 1 is 1.44 bits per heavy atom. The minimum Gasteiger partial charge on any atom is -0.381 e. The first-order valence-corrected chi connectivity index (χ1v) is 7.18. The number of imidazole rings is 1. The molecule has 1 saturated carbocycles. The van der Waals surface area contributed by atoms with Crippen LogP contribution in [0.2, 0.25) is 0 Å². The van der Waals surface area contributed by atoms with Crippen LogP contribution in [-0.2, 0) is 24.2 Å². The Bertz CT molecular complexity index is 409. The fourth-order valence-corrected chi connectivity index (χ4v) is 2.66. The average molecular weight is 249 g/mol. The molecule has 1 aromatic rings. The maximum atomic E-state index is 5.69. The maximum absolute atomic E-state index is 5.69. The molecule has 1 fully saturated rings. The van der Waals surface area contributed by atoms with Gasteiger partial charge in [0.05, 0.1) is 5.69 Å². The molecule has 0 amide bonds. The molecule has 1 aliphatic carbocycles. The van der Waals surface area contributed by atoms with Crippen LogP contribution in [0.4, 0.5) is 0 Å². The number of ether oxygens (including phenoxy) is 1. The van der Waals surface area contributed by atoms with E-state index in [0.717, 1.165) is 57.4 Å². The summed E-state index contributed by atoms with van der Waals surface area (Å²) >= 11 is 0. The molecular formula is C14H23N3O. The zero-order valence-electron chi connectivity index (χ0n) is 11.2. The summed E-state index contributed by atoms with van der Waals surface area (Å²) in [6, 6.07) is 0. The number of aryl methyl sites for hydroxylation is 1. The lowest BCUT2D eigenvalue weighted by Gasteiger charge is -2.15.